The van der Waals surface area contributed by atoms with Gasteiger partial charge in [0.2, 0.25) is 0 Å². The summed E-state index contributed by atoms with van der Waals surface area (Å²) in [7, 11) is 42.3. The van der Waals surface area contributed by atoms with Crippen molar-refractivity contribution in [3.05, 3.63) is 0 Å². The number of ether oxygens (including phenoxy) is 4. The van der Waals surface area contributed by atoms with Crippen molar-refractivity contribution < 1.29 is 74.4 Å². The second-order valence-electron chi connectivity index (χ2n) is 4.35. The smallest absolute Gasteiger partial charge is 1.00 e. The number of aliphatic hydroxyl groups excluding tert-OH is 2. The Labute approximate surface area is 514 Å². The quantitative estimate of drug-likeness (QED) is 0.133. The maximum atomic E-state index is 9.59. The average Bonchev–Trinajstić information content (AvgIpc) is 3.21. The number of carbonyl (C=O) groups is 2. The van der Waals surface area contributed by atoms with Gasteiger partial charge in [-0.25, -0.2) is 0 Å². The van der Waals surface area contributed by atoms with Crippen LogP contribution in [0.15, 0.2) is 0 Å². The maximum absolute atomic E-state index is 9.59. The zero-order valence-electron chi connectivity index (χ0n) is 33.7. The van der Waals surface area contributed by atoms with Gasteiger partial charge in [0.1, 0.15) is 13.1 Å². The molecule has 0 rings (SSSR count). The molecule has 0 aromatic heterocycles. The number of carbonyl (C=O) groups excluding carboxylic acids is 2. The number of rotatable bonds is 3. The number of aliphatic hydroxyl groups is 2. The molecule has 0 aliphatic heterocycles. The largest absolute Gasteiger partial charge is 1.00 e. The van der Waals surface area contributed by atoms with E-state index in [2.05, 4.69) is 124 Å². The van der Waals surface area contributed by atoms with Crippen LogP contribution in [0.4, 0.5) is 4.70 Å². The van der Waals surface area contributed by atoms with Crippen LogP contribution in [-0.4, -0.2) is 91.8 Å². The zero-order valence-corrected chi connectivity index (χ0v) is 63.3. The van der Waals surface area contributed by atoms with Crippen molar-refractivity contribution in [3.63, 3.8) is 0 Å². The van der Waals surface area contributed by atoms with Crippen LogP contribution in [0.2, 0.25) is 0 Å². The minimum Gasteiger partial charge on any atom is -1.00 e. The van der Waals surface area contributed by atoms with Crippen LogP contribution in [0.25, 0.3) is 0 Å². The van der Waals surface area contributed by atoms with Gasteiger partial charge in [-0.3, -0.25) is 9.50 Å². The van der Waals surface area contributed by atoms with Crippen molar-refractivity contribution in [3.8, 4) is 0 Å². The van der Waals surface area contributed by atoms with Gasteiger partial charge in [-0.2, -0.15) is 0 Å². The van der Waals surface area contributed by atoms with Gasteiger partial charge in [0.25, 0.3) is 0 Å². The van der Waals surface area contributed by atoms with Crippen LogP contribution in [0, 0.1) is 0 Å². The van der Waals surface area contributed by atoms with Gasteiger partial charge >= 0.3 is 35.5 Å². The molecule has 0 aliphatic carbocycles. The molecule has 0 unspecified atom stereocenters. The SMILES string of the molecule is Br.C.CC=O.CCBr.CCO.CCOC.CO.COC(C)=O.COCOC.F.S=S=S=S.S=S=S=S=S=S=S=S.S=S=S=S=S=S=S=S=S.S=S=S=S=S=S=S=S=S=S.[B].[H-].[Na+]. The fourth-order valence-electron chi connectivity index (χ4n) is 0.288. The number of hydrogen-bond donors (Lipinski definition) is 2. The summed E-state index contributed by atoms with van der Waals surface area (Å²) in [5, 5.41) is 15.6. The Morgan fingerprint density at radius 2 is 0.721 bits per heavy atom. The number of methoxy groups -OCH3 is 4. The van der Waals surface area contributed by atoms with Gasteiger partial charge in [-0.05, 0) is 20.8 Å². The molecule has 375 valence electrons. The molecule has 2 N–H and O–H groups in total. The van der Waals surface area contributed by atoms with E-state index in [1.807, 2.05) is 13.8 Å². The number of hydrogen-bond acceptors (Lipinski definition) is 16. The number of halogens is 3. The third-order valence-corrected chi connectivity index (χ3v) is 43.6. The minimum absolute atomic E-state index is 0. The van der Waals surface area contributed by atoms with Crippen LogP contribution < -0.4 is 29.6 Å². The molecular formula is C17H48BBr2FNaO8S31. The Kier molecular flexibility index (Phi) is 307. The topological polar surface area (TPSA) is 112 Å². The first-order valence-corrected chi connectivity index (χ1v) is 49.0. The van der Waals surface area contributed by atoms with E-state index in [0.717, 1.165) is 25.3 Å². The van der Waals surface area contributed by atoms with Crippen molar-refractivity contribution in [1.82, 2.24) is 0 Å². The molecule has 44 heteroatoms. The first-order chi connectivity index (χ1) is 27.0. The number of esters is 1. The summed E-state index contributed by atoms with van der Waals surface area (Å²) >= 11 is 39.6. The van der Waals surface area contributed by atoms with Gasteiger partial charge in [0, 0.05) is 356 Å². The van der Waals surface area contributed by atoms with Crippen molar-refractivity contribution in [1.29, 1.82) is 0 Å². The predicted molar refractivity (Wildman–Crippen MR) is 361 cm³/mol. The molecule has 8 nitrogen and oxygen atoms in total. The summed E-state index contributed by atoms with van der Waals surface area (Å²) < 4.78 is 17.6. The summed E-state index contributed by atoms with van der Waals surface area (Å²) in [4.78, 5) is 18.4. The molecule has 0 atom stereocenters. The Morgan fingerprint density at radius 1 is 0.590 bits per heavy atom. The second kappa shape index (κ2) is 165. The third-order valence-electron chi connectivity index (χ3n) is 1.34. The summed E-state index contributed by atoms with van der Waals surface area (Å²) in [6.07, 6.45) is 0.750. The maximum Gasteiger partial charge on any atom is 1.00 e. The van der Waals surface area contributed by atoms with Gasteiger partial charge in [-0.15, -0.1) is 17.0 Å². The summed E-state index contributed by atoms with van der Waals surface area (Å²) in [5.41, 5.74) is 0. The van der Waals surface area contributed by atoms with E-state index in [-0.39, 0.29) is 81.1 Å². The molecule has 0 amide bonds. The summed E-state index contributed by atoms with van der Waals surface area (Å²) in [6, 6.07) is 0. The van der Waals surface area contributed by atoms with Crippen molar-refractivity contribution >= 4 is 347 Å². The van der Waals surface area contributed by atoms with Crippen molar-refractivity contribution in [2.75, 3.05) is 60.9 Å². The van der Waals surface area contributed by atoms with Gasteiger partial charge in [0.05, 0.1) is 7.11 Å². The van der Waals surface area contributed by atoms with E-state index < -0.39 is 0 Å². The number of aldehydes is 1. The minimum atomic E-state index is -0.245. The number of alkyl halides is 1. The first-order valence-electron chi connectivity index (χ1n) is 11.9. The second-order valence-corrected chi connectivity index (χ2v) is 46.2. The Bertz CT molecular complexity index is 1740. The van der Waals surface area contributed by atoms with Crippen molar-refractivity contribution in [2.45, 2.75) is 42.0 Å². The van der Waals surface area contributed by atoms with Crippen LogP contribution in [0.3, 0.4) is 0 Å². The van der Waals surface area contributed by atoms with Crippen LogP contribution in [0.1, 0.15) is 43.5 Å². The van der Waals surface area contributed by atoms with E-state index >= 15 is 0 Å². The Morgan fingerprint density at radius 3 is 0.770 bits per heavy atom. The molecule has 0 aromatic carbocycles. The predicted octanol–water partition coefficient (Wildman–Crippen LogP) is 0.310. The zero-order chi connectivity index (χ0) is 46.2. The third kappa shape index (κ3) is 291. The normalized spacial score (nSPS) is 5.92. The molecular weight excluding hydrogens is 1540 g/mol. The van der Waals surface area contributed by atoms with E-state index in [1.165, 1.54) is 92.0 Å². The molecule has 0 fully saturated rings. The average molecular weight is 1590 g/mol. The van der Waals surface area contributed by atoms with E-state index in [4.69, 9.17) is 15.0 Å². The van der Waals surface area contributed by atoms with Crippen LogP contribution >= 0.6 is 32.9 Å². The molecule has 0 aromatic rings. The fourth-order valence-corrected chi connectivity index (χ4v) is 41.5. The van der Waals surface area contributed by atoms with E-state index in [0.29, 0.717) is 6.79 Å². The summed E-state index contributed by atoms with van der Waals surface area (Å²) in [6.45, 7) is 9.94. The molecule has 0 saturated carbocycles. The molecule has 61 heavy (non-hydrogen) atoms. The van der Waals surface area contributed by atoms with E-state index in [9.17, 15) is 4.79 Å². The van der Waals surface area contributed by atoms with E-state index in [1.54, 1.807) is 161 Å². The molecule has 0 saturated heterocycles. The standard InChI is InChI=1S/C3H8O2.C3H6O2.C3H8O.C2H5Br.C2H6O.C2H4O.CH4O.CH4.B.BrH.FH.Na.S10.S9.S8.S4.H/c1-4-3-5-2;1-3(4)5-2;1-3-4-2;3*1-2-3;1-2;;;;;;1-3-5-7-9-10-8-6-4-2;1-3-5-7-9-8-6-4-2;1-3-5-7-8-6-4-2;1-3-4-2;/h3H2,1-2H3;1-2H3;3H2,1-2H3;2H2,1H3;3H,2H2,1H3;2H,1H3;2H,1H3;1H4;;2*1H;;;;;;/q;;;;;;;;;;;+1;;;;;-1. The molecule has 3 radical (unpaired) electrons. The van der Waals surface area contributed by atoms with Crippen molar-refractivity contribution in [2.24, 2.45) is 0 Å². The Balaban J connectivity index is -0.0000000245. The fraction of sp³-hybridized carbons (Fsp3) is 0.882. The molecule has 0 heterocycles. The van der Waals surface area contributed by atoms with Crippen LogP contribution in [-0.2, 0) is 322 Å². The van der Waals surface area contributed by atoms with Gasteiger partial charge < -0.3 is 35.4 Å². The van der Waals surface area contributed by atoms with Gasteiger partial charge in [0.15, 0.2) is 0 Å². The van der Waals surface area contributed by atoms with Crippen LogP contribution in [0.5, 0.6) is 0 Å². The molecule has 0 aliphatic rings. The first kappa shape index (κ1) is 113. The Hall–Kier alpha value is 7.71. The van der Waals surface area contributed by atoms with Gasteiger partial charge in [-0.1, -0.05) is 30.3 Å². The molecule has 0 spiro atoms. The monoisotopic (exact) mass is 1580 g/mol. The molecule has 0 bridgehead atoms. The summed E-state index contributed by atoms with van der Waals surface area (Å²) in [5.74, 6) is -0.245.